The fourth-order valence-corrected chi connectivity index (χ4v) is 3.35. The van der Waals surface area contributed by atoms with E-state index in [0.717, 1.165) is 0 Å². The Balaban J connectivity index is 2.04. The zero-order chi connectivity index (χ0) is 19.1. The van der Waals surface area contributed by atoms with Gasteiger partial charge in [0, 0.05) is 22.3 Å². The topological polar surface area (TPSA) is 88.6 Å². The van der Waals surface area contributed by atoms with Crippen molar-refractivity contribution >= 4 is 23.3 Å². The number of rotatable bonds is 3. The van der Waals surface area contributed by atoms with Gasteiger partial charge in [-0.1, -0.05) is 28.9 Å². The SMILES string of the molecule is Cc1noc2c1-c1ccnc(F)c1C(c1ccc(Cl)cc1)=NC2CC(=O)O. The molecule has 0 fully saturated rings. The highest BCUT2D eigenvalue weighted by Gasteiger charge is 2.33. The highest BCUT2D eigenvalue weighted by atomic mass is 35.5. The standard InChI is InChI=1S/C19H13ClFN3O3/c1-9-15-12-6-7-22-19(21)16(12)17(10-2-4-11(20)5-3-10)23-13(8-14(25)26)18(15)27-24-9/h2-7,13H,8H2,1H3,(H,25,26). The minimum Gasteiger partial charge on any atom is -0.481 e. The van der Waals surface area contributed by atoms with E-state index in [4.69, 9.17) is 16.1 Å². The molecule has 0 spiro atoms. The summed E-state index contributed by atoms with van der Waals surface area (Å²) in [6.07, 6.45) is 1.03. The summed E-state index contributed by atoms with van der Waals surface area (Å²) in [6, 6.07) is 7.52. The Hall–Kier alpha value is -3.06. The Morgan fingerprint density at radius 3 is 2.70 bits per heavy atom. The van der Waals surface area contributed by atoms with E-state index < -0.39 is 18.0 Å². The zero-order valence-corrected chi connectivity index (χ0v) is 14.9. The third-order valence-electron chi connectivity index (χ3n) is 4.37. The smallest absolute Gasteiger partial charge is 0.306 e. The highest BCUT2D eigenvalue weighted by Crippen LogP contribution is 2.41. The molecule has 0 saturated carbocycles. The number of aryl methyl sites for hydroxylation is 1. The van der Waals surface area contributed by atoms with Crippen LogP contribution in [0.3, 0.4) is 0 Å². The van der Waals surface area contributed by atoms with Crippen LogP contribution >= 0.6 is 11.6 Å². The van der Waals surface area contributed by atoms with Crippen molar-refractivity contribution in [3.05, 3.63) is 70.1 Å². The second-order valence-corrected chi connectivity index (χ2v) is 6.57. The summed E-state index contributed by atoms with van der Waals surface area (Å²) >= 11 is 5.96. The van der Waals surface area contributed by atoms with Gasteiger partial charge in [-0.3, -0.25) is 9.79 Å². The number of carboxylic acid groups (broad SMARTS) is 1. The van der Waals surface area contributed by atoms with Crippen molar-refractivity contribution in [2.75, 3.05) is 0 Å². The van der Waals surface area contributed by atoms with Crippen molar-refractivity contribution in [1.29, 1.82) is 0 Å². The fourth-order valence-electron chi connectivity index (χ4n) is 3.22. The van der Waals surface area contributed by atoms with Crippen molar-refractivity contribution in [3.8, 4) is 11.1 Å². The molecule has 1 atom stereocenters. The monoisotopic (exact) mass is 385 g/mol. The van der Waals surface area contributed by atoms with Gasteiger partial charge in [-0.15, -0.1) is 0 Å². The van der Waals surface area contributed by atoms with E-state index in [1.807, 2.05) is 0 Å². The number of aromatic nitrogens is 2. The third-order valence-corrected chi connectivity index (χ3v) is 4.63. The lowest BCUT2D eigenvalue weighted by atomic mass is 9.94. The third kappa shape index (κ3) is 3.00. The number of carboxylic acids is 1. The first-order valence-corrected chi connectivity index (χ1v) is 8.50. The average molecular weight is 386 g/mol. The Kier molecular flexibility index (Phi) is 4.24. The summed E-state index contributed by atoms with van der Waals surface area (Å²) in [6.45, 7) is 1.72. The number of hydrogen-bond acceptors (Lipinski definition) is 5. The molecule has 0 radical (unpaired) electrons. The van der Waals surface area contributed by atoms with Gasteiger partial charge >= 0.3 is 5.97 Å². The second-order valence-electron chi connectivity index (χ2n) is 6.13. The van der Waals surface area contributed by atoms with Gasteiger partial charge in [-0.2, -0.15) is 4.39 Å². The van der Waals surface area contributed by atoms with Crippen LogP contribution in [-0.2, 0) is 4.79 Å². The maximum absolute atomic E-state index is 14.8. The molecular formula is C19H13ClFN3O3. The van der Waals surface area contributed by atoms with Gasteiger partial charge in [-0.05, 0) is 25.1 Å². The van der Waals surface area contributed by atoms with Gasteiger partial charge in [0.25, 0.3) is 0 Å². The van der Waals surface area contributed by atoms with Crippen LogP contribution in [0.4, 0.5) is 4.39 Å². The summed E-state index contributed by atoms with van der Waals surface area (Å²) in [4.78, 5) is 19.7. The van der Waals surface area contributed by atoms with Crippen molar-refractivity contribution in [2.45, 2.75) is 19.4 Å². The molecule has 0 saturated heterocycles. The molecule has 27 heavy (non-hydrogen) atoms. The van der Waals surface area contributed by atoms with Crippen molar-refractivity contribution < 1.29 is 18.8 Å². The molecule has 1 aliphatic rings. The molecular weight excluding hydrogens is 373 g/mol. The van der Waals surface area contributed by atoms with Crippen LogP contribution in [-0.4, -0.2) is 26.9 Å². The first kappa shape index (κ1) is 17.4. The van der Waals surface area contributed by atoms with Gasteiger partial charge in [0.05, 0.1) is 29.0 Å². The Bertz CT molecular complexity index is 1080. The minimum absolute atomic E-state index is 0.181. The van der Waals surface area contributed by atoms with Crippen LogP contribution in [0.1, 0.15) is 35.0 Å². The summed E-state index contributed by atoms with van der Waals surface area (Å²) in [5.41, 5.74) is 2.66. The molecule has 1 unspecified atom stereocenters. The van der Waals surface area contributed by atoms with Crippen LogP contribution in [0.5, 0.6) is 0 Å². The van der Waals surface area contributed by atoms with Gasteiger partial charge in [0.15, 0.2) is 5.76 Å². The lowest BCUT2D eigenvalue weighted by Crippen LogP contribution is -2.11. The maximum atomic E-state index is 14.8. The lowest BCUT2D eigenvalue weighted by Gasteiger charge is -2.11. The van der Waals surface area contributed by atoms with Gasteiger partial charge < -0.3 is 9.63 Å². The summed E-state index contributed by atoms with van der Waals surface area (Å²) in [7, 11) is 0. The minimum atomic E-state index is -1.05. The summed E-state index contributed by atoms with van der Waals surface area (Å²) in [5, 5.41) is 13.8. The number of halogens is 2. The Morgan fingerprint density at radius 2 is 2.00 bits per heavy atom. The lowest BCUT2D eigenvalue weighted by molar-refractivity contribution is -0.137. The molecule has 2 aromatic heterocycles. The maximum Gasteiger partial charge on any atom is 0.306 e. The van der Waals surface area contributed by atoms with E-state index in [-0.39, 0.29) is 12.0 Å². The molecule has 0 bridgehead atoms. The first-order valence-electron chi connectivity index (χ1n) is 8.12. The number of pyridine rings is 1. The van der Waals surface area contributed by atoms with Crippen LogP contribution in [0.15, 0.2) is 46.0 Å². The number of hydrogen-bond donors (Lipinski definition) is 1. The largest absolute Gasteiger partial charge is 0.481 e. The van der Waals surface area contributed by atoms with Crippen molar-refractivity contribution in [2.24, 2.45) is 4.99 Å². The number of benzene rings is 1. The first-order chi connectivity index (χ1) is 13.0. The van der Waals surface area contributed by atoms with E-state index in [0.29, 0.717) is 38.9 Å². The van der Waals surface area contributed by atoms with Crippen LogP contribution in [0.25, 0.3) is 11.1 Å². The molecule has 3 heterocycles. The Labute approximate surface area is 158 Å². The van der Waals surface area contributed by atoms with Crippen molar-refractivity contribution in [1.82, 2.24) is 10.1 Å². The van der Waals surface area contributed by atoms with Crippen LogP contribution < -0.4 is 0 Å². The normalized spacial score (nSPS) is 15.5. The van der Waals surface area contributed by atoms with Gasteiger partial charge in [-0.25, -0.2) is 4.98 Å². The second kappa shape index (κ2) is 6.59. The average Bonchev–Trinajstić information content (AvgIpc) is 2.94. The number of aliphatic carboxylic acids is 1. The molecule has 1 aliphatic heterocycles. The number of aliphatic imine (C=N–C) groups is 1. The number of fused-ring (bicyclic) bond motifs is 3. The van der Waals surface area contributed by atoms with Gasteiger partial charge in [0.2, 0.25) is 5.95 Å². The number of carbonyl (C=O) groups is 1. The zero-order valence-electron chi connectivity index (χ0n) is 14.1. The molecule has 6 nitrogen and oxygen atoms in total. The van der Waals surface area contributed by atoms with E-state index in [1.165, 1.54) is 6.20 Å². The van der Waals surface area contributed by atoms with E-state index in [1.54, 1.807) is 37.3 Å². The van der Waals surface area contributed by atoms with E-state index in [9.17, 15) is 14.3 Å². The molecule has 0 aliphatic carbocycles. The fraction of sp³-hybridized carbons (Fsp3) is 0.158. The molecule has 1 N–H and O–H groups in total. The van der Waals surface area contributed by atoms with Crippen LogP contribution in [0, 0.1) is 12.9 Å². The van der Waals surface area contributed by atoms with E-state index in [2.05, 4.69) is 15.1 Å². The molecule has 4 rings (SSSR count). The number of nitrogens with zero attached hydrogens (tertiary/aromatic N) is 3. The molecule has 8 heteroatoms. The van der Waals surface area contributed by atoms with Crippen LogP contribution in [0.2, 0.25) is 5.02 Å². The molecule has 136 valence electrons. The van der Waals surface area contributed by atoms with E-state index >= 15 is 0 Å². The van der Waals surface area contributed by atoms with Gasteiger partial charge in [0.1, 0.15) is 6.04 Å². The van der Waals surface area contributed by atoms with Crippen molar-refractivity contribution in [3.63, 3.8) is 0 Å². The quantitative estimate of drug-likeness (QED) is 0.682. The summed E-state index contributed by atoms with van der Waals surface area (Å²) < 4.78 is 20.2. The predicted molar refractivity (Wildman–Crippen MR) is 96.5 cm³/mol. The predicted octanol–water partition coefficient (Wildman–Crippen LogP) is 4.20. The Morgan fingerprint density at radius 1 is 1.26 bits per heavy atom. The molecule has 0 amide bonds. The highest BCUT2D eigenvalue weighted by molar-refractivity contribution is 6.30. The molecule has 1 aromatic carbocycles. The summed E-state index contributed by atoms with van der Waals surface area (Å²) in [5.74, 6) is -1.46. The molecule has 3 aromatic rings.